The molecular weight excluding hydrogens is 241 g/mol. The SMILES string of the molecule is CC(C(=O)c1ccc2ccccc2c1)C(F)(F)F. The Morgan fingerprint density at radius 1 is 1.06 bits per heavy atom. The van der Waals surface area contributed by atoms with Crippen molar-refractivity contribution in [3.8, 4) is 0 Å². The predicted molar refractivity (Wildman–Crippen MR) is 63.5 cm³/mol. The Balaban J connectivity index is 2.40. The fourth-order valence-electron chi connectivity index (χ4n) is 1.74. The van der Waals surface area contributed by atoms with Crippen LogP contribution in [0.1, 0.15) is 17.3 Å². The minimum Gasteiger partial charge on any atom is -0.294 e. The molecule has 18 heavy (non-hydrogen) atoms. The summed E-state index contributed by atoms with van der Waals surface area (Å²) in [5.74, 6) is -2.87. The lowest BCUT2D eigenvalue weighted by Gasteiger charge is -2.14. The zero-order chi connectivity index (χ0) is 13.3. The van der Waals surface area contributed by atoms with Crippen LogP contribution in [-0.4, -0.2) is 12.0 Å². The smallest absolute Gasteiger partial charge is 0.294 e. The number of benzene rings is 2. The summed E-state index contributed by atoms with van der Waals surface area (Å²) in [4.78, 5) is 11.7. The molecule has 0 radical (unpaired) electrons. The summed E-state index contributed by atoms with van der Waals surface area (Å²) in [6.45, 7) is 0.886. The second-order valence-corrected chi connectivity index (χ2v) is 4.19. The fraction of sp³-hybridized carbons (Fsp3) is 0.214. The molecule has 0 aliphatic carbocycles. The van der Waals surface area contributed by atoms with Crippen molar-refractivity contribution in [2.45, 2.75) is 13.1 Å². The Labute approximate surface area is 102 Å². The highest BCUT2D eigenvalue weighted by Crippen LogP contribution is 2.29. The molecule has 4 heteroatoms. The van der Waals surface area contributed by atoms with Gasteiger partial charge in [-0.3, -0.25) is 4.79 Å². The van der Waals surface area contributed by atoms with Gasteiger partial charge in [0.25, 0.3) is 0 Å². The molecule has 0 saturated heterocycles. The Morgan fingerprint density at radius 3 is 2.28 bits per heavy atom. The van der Waals surface area contributed by atoms with Crippen LogP contribution in [0.5, 0.6) is 0 Å². The topological polar surface area (TPSA) is 17.1 Å². The van der Waals surface area contributed by atoms with Crippen LogP contribution in [0, 0.1) is 5.92 Å². The van der Waals surface area contributed by atoms with Gasteiger partial charge in [-0.25, -0.2) is 0 Å². The van der Waals surface area contributed by atoms with Crippen molar-refractivity contribution in [1.29, 1.82) is 0 Å². The summed E-state index contributed by atoms with van der Waals surface area (Å²) in [6, 6.07) is 11.8. The minimum absolute atomic E-state index is 0.0959. The molecule has 0 aliphatic heterocycles. The standard InChI is InChI=1S/C14H11F3O/c1-9(14(15,16)17)13(18)12-7-6-10-4-2-3-5-11(10)8-12/h2-9H,1H3. The third-order valence-corrected chi connectivity index (χ3v) is 2.92. The van der Waals surface area contributed by atoms with E-state index in [4.69, 9.17) is 0 Å². The van der Waals surface area contributed by atoms with Crippen molar-refractivity contribution in [2.24, 2.45) is 5.92 Å². The van der Waals surface area contributed by atoms with E-state index in [2.05, 4.69) is 0 Å². The quantitative estimate of drug-likeness (QED) is 0.731. The zero-order valence-electron chi connectivity index (χ0n) is 9.66. The number of fused-ring (bicyclic) bond motifs is 1. The predicted octanol–water partition coefficient (Wildman–Crippen LogP) is 4.22. The molecule has 0 aliphatic rings. The van der Waals surface area contributed by atoms with E-state index in [1.807, 2.05) is 12.1 Å². The largest absolute Gasteiger partial charge is 0.398 e. The number of ketones is 1. The fourth-order valence-corrected chi connectivity index (χ4v) is 1.74. The van der Waals surface area contributed by atoms with Crippen LogP contribution < -0.4 is 0 Å². The first kappa shape index (κ1) is 12.6. The van der Waals surface area contributed by atoms with Gasteiger partial charge in [0, 0.05) is 5.56 Å². The van der Waals surface area contributed by atoms with Gasteiger partial charge in [-0.15, -0.1) is 0 Å². The molecule has 2 rings (SSSR count). The zero-order valence-corrected chi connectivity index (χ0v) is 9.66. The number of alkyl halides is 3. The second kappa shape index (κ2) is 4.44. The second-order valence-electron chi connectivity index (χ2n) is 4.19. The van der Waals surface area contributed by atoms with E-state index in [-0.39, 0.29) is 5.56 Å². The van der Waals surface area contributed by atoms with Gasteiger partial charge >= 0.3 is 6.18 Å². The number of Topliss-reactive ketones (excluding diaryl/α,β-unsaturated/α-hetero) is 1. The van der Waals surface area contributed by atoms with E-state index in [1.165, 1.54) is 12.1 Å². The molecule has 0 heterocycles. The summed E-state index contributed by atoms with van der Waals surface area (Å²) in [5, 5.41) is 1.66. The molecule has 0 spiro atoms. The van der Waals surface area contributed by atoms with Gasteiger partial charge in [-0.05, 0) is 23.8 Å². The molecule has 94 valence electrons. The summed E-state index contributed by atoms with van der Waals surface area (Å²) in [6.07, 6.45) is -4.50. The first-order valence-electron chi connectivity index (χ1n) is 5.49. The number of rotatable bonds is 2. The molecule has 0 amide bonds. The highest BCUT2D eigenvalue weighted by molar-refractivity contribution is 6.01. The lowest BCUT2D eigenvalue weighted by molar-refractivity contribution is -0.155. The van der Waals surface area contributed by atoms with E-state index in [1.54, 1.807) is 18.2 Å². The van der Waals surface area contributed by atoms with Crippen LogP contribution >= 0.6 is 0 Å². The van der Waals surface area contributed by atoms with Crippen molar-refractivity contribution in [3.05, 3.63) is 48.0 Å². The molecule has 0 fully saturated rings. The molecule has 0 N–H and O–H groups in total. The van der Waals surface area contributed by atoms with Crippen molar-refractivity contribution in [3.63, 3.8) is 0 Å². The number of carbonyl (C=O) groups is 1. The van der Waals surface area contributed by atoms with Gasteiger partial charge in [0.1, 0.15) is 5.92 Å². The molecule has 1 nitrogen and oxygen atoms in total. The van der Waals surface area contributed by atoms with Gasteiger partial charge < -0.3 is 0 Å². The van der Waals surface area contributed by atoms with E-state index < -0.39 is 17.9 Å². The highest BCUT2D eigenvalue weighted by atomic mass is 19.4. The lowest BCUT2D eigenvalue weighted by Crippen LogP contribution is -2.27. The molecular formula is C14H11F3O. The summed E-state index contributed by atoms with van der Waals surface area (Å²) >= 11 is 0. The maximum absolute atomic E-state index is 12.5. The monoisotopic (exact) mass is 252 g/mol. The van der Waals surface area contributed by atoms with Crippen LogP contribution in [0.2, 0.25) is 0 Å². The average Bonchev–Trinajstić information content (AvgIpc) is 2.35. The minimum atomic E-state index is -4.50. The molecule has 0 saturated carbocycles. The van der Waals surface area contributed by atoms with Crippen LogP contribution in [0.15, 0.2) is 42.5 Å². The van der Waals surface area contributed by atoms with Crippen LogP contribution in [0.4, 0.5) is 13.2 Å². The maximum atomic E-state index is 12.5. The summed E-state index contributed by atoms with van der Waals surface area (Å²) < 4.78 is 37.4. The first-order valence-corrected chi connectivity index (χ1v) is 5.49. The summed E-state index contributed by atoms with van der Waals surface area (Å²) in [7, 11) is 0. The summed E-state index contributed by atoms with van der Waals surface area (Å²) in [5.41, 5.74) is 0.0959. The molecule has 2 aromatic carbocycles. The van der Waals surface area contributed by atoms with Gasteiger partial charge in [0.2, 0.25) is 0 Å². The number of carbonyl (C=O) groups excluding carboxylic acids is 1. The highest BCUT2D eigenvalue weighted by Gasteiger charge is 2.41. The molecule has 1 unspecified atom stereocenters. The number of hydrogen-bond donors (Lipinski definition) is 0. The number of halogens is 3. The van der Waals surface area contributed by atoms with Crippen molar-refractivity contribution >= 4 is 16.6 Å². The van der Waals surface area contributed by atoms with Gasteiger partial charge in [-0.2, -0.15) is 13.2 Å². The molecule has 0 bridgehead atoms. The van der Waals surface area contributed by atoms with E-state index in [0.717, 1.165) is 17.7 Å². The number of hydrogen-bond acceptors (Lipinski definition) is 1. The first-order chi connectivity index (χ1) is 8.39. The molecule has 2 aromatic rings. The van der Waals surface area contributed by atoms with Crippen molar-refractivity contribution < 1.29 is 18.0 Å². The normalized spacial score (nSPS) is 13.6. The van der Waals surface area contributed by atoms with Crippen LogP contribution in [0.3, 0.4) is 0 Å². The maximum Gasteiger partial charge on any atom is 0.398 e. The molecule has 1 atom stereocenters. The van der Waals surface area contributed by atoms with Gasteiger partial charge in [0.05, 0.1) is 0 Å². The molecule has 0 aromatic heterocycles. The average molecular weight is 252 g/mol. The van der Waals surface area contributed by atoms with Crippen molar-refractivity contribution in [2.75, 3.05) is 0 Å². The van der Waals surface area contributed by atoms with Crippen LogP contribution in [0.25, 0.3) is 10.8 Å². The Hall–Kier alpha value is -1.84. The Morgan fingerprint density at radius 2 is 1.67 bits per heavy atom. The Bertz CT molecular complexity index is 587. The Kier molecular flexibility index (Phi) is 3.11. The van der Waals surface area contributed by atoms with E-state index in [9.17, 15) is 18.0 Å². The van der Waals surface area contributed by atoms with E-state index >= 15 is 0 Å². The van der Waals surface area contributed by atoms with Gasteiger partial charge in [0.15, 0.2) is 5.78 Å². The lowest BCUT2D eigenvalue weighted by atomic mass is 9.96. The third kappa shape index (κ3) is 2.37. The third-order valence-electron chi connectivity index (χ3n) is 2.92. The van der Waals surface area contributed by atoms with E-state index in [0.29, 0.717) is 0 Å². The van der Waals surface area contributed by atoms with Crippen LogP contribution in [-0.2, 0) is 0 Å². The van der Waals surface area contributed by atoms with Crippen molar-refractivity contribution in [1.82, 2.24) is 0 Å². The van der Waals surface area contributed by atoms with Gasteiger partial charge in [-0.1, -0.05) is 36.4 Å².